The number of likely N-dealkylation sites (tertiary alicyclic amines) is 1. The van der Waals surface area contributed by atoms with Gasteiger partial charge < -0.3 is 23.6 Å². The van der Waals surface area contributed by atoms with Crippen LogP contribution >= 0.6 is 0 Å². The standard InChI is InChI=1S/C21H42BNO5/c1-5-8-12-25-19-16-23(11-15-24-4)18(17-28-22)20(26-13-9-6-2)21(19)27-14-10-7-3/h18-21H,5-17H2,1-4H3/t18-,19+,20-,21-/m1/s1. The predicted molar refractivity (Wildman–Crippen MR) is 113 cm³/mol. The molecule has 0 saturated carbocycles. The number of piperidine rings is 1. The Bertz CT molecular complexity index is 364. The van der Waals surface area contributed by atoms with E-state index in [4.69, 9.17) is 31.7 Å². The molecule has 0 spiro atoms. The van der Waals surface area contributed by atoms with Crippen LogP contribution in [0.15, 0.2) is 0 Å². The van der Waals surface area contributed by atoms with Gasteiger partial charge in [-0.05, 0) is 19.3 Å². The summed E-state index contributed by atoms with van der Waals surface area (Å²) in [6.45, 7) is 11.3. The molecule has 0 aromatic heterocycles. The fraction of sp³-hybridized carbons (Fsp3) is 1.00. The molecule has 0 bridgehead atoms. The van der Waals surface area contributed by atoms with Crippen molar-refractivity contribution < 1.29 is 23.6 Å². The van der Waals surface area contributed by atoms with Gasteiger partial charge in [0.05, 0.1) is 18.8 Å². The van der Waals surface area contributed by atoms with Crippen molar-refractivity contribution in [2.75, 3.05) is 53.2 Å². The molecule has 28 heavy (non-hydrogen) atoms. The van der Waals surface area contributed by atoms with Gasteiger partial charge in [0, 0.05) is 46.6 Å². The Kier molecular flexibility index (Phi) is 15.3. The highest BCUT2D eigenvalue weighted by molar-refractivity contribution is 5.97. The van der Waals surface area contributed by atoms with Crippen LogP contribution in [0, 0.1) is 0 Å². The molecule has 0 unspecified atom stereocenters. The maximum absolute atomic E-state index is 6.36. The quantitative estimate of drug-likeness (QED) is 0.277. The second kappa shape index (κ2) is 16.6. The molecule has 1 fully saturated rings. The largest absolute Gasteiger partial charge is 0.446 e. The van der Waals surface area contributed by atoms with Crippen molar-refractivity contribution in [2.24, 2.45) is 0 Å². The molecule has 0 aromatic rings. The van der Waals surface area contributed by atoms with Crippen molar-refractivity contribution in [1.29, 1.82) is 0 Å². The van der Waals surface area contributed by atoms with Crippen LogP contribution in [0.25, 0.3) is 0 Å². The summed E-state index contributed by atoms with van der Waals surface area (Å²) in [5.41, 5.74) is 0. The van der Waals surface area contributed by atoms with E-state index in [1.807, 2.05) is 0 Å². The van der Waals surface area contributed by atoms with E-state index in [-0.39, 0.29) is 24.4 Å². The van der Waals surface area contributed by atoms with E-state index >= 15 is 0 Å². The summed E-state index contributed by atoms with van der Waals surface area (Å²) in [6, 6.07) is 0.0228. The van der Waals surface area contributed by atoms with Gasteiger partial charge in [0.25, 0.3) is 8.05 Å². The number of hydrogen-bond acceptors (Lipinski definition) is 6. The molecule has 1 rings (SSSR count). The number of ether oxygens (including phenoxy) is 4. The number of hydrogen-bond donors (Lipinski definition) is 0. The highest BCUT2D eigenvalue weighted by Crippen LogP contribution is 2.27. The van der Waals surface area contributed by atoms with Crippen LogP contribution in [0.5, 0.6) is 0 Å². The van der Waals surface area contributed by atoms with Crippen molar-refractivity contribution >= 4 is 8.05 Å². The zero-order valence-electron chi connectivity index (χ0n) is 18.6. The fourth-order valence-corrected chi connectivity index (χ4v) is 3.54. The van der Waals surface area contributed by atoms with Crippen molar-refractivity contribution in [3.8, 4) is 0 Å². The van der Waals surface area contributed by atoms with Gasteiger partial charge in [-0.25, -0.2) is 0 Å². The summed E-state index contributed by atoms with van der Waals surface area (Å²) >= 11 is 0. The van der Waals surface area contributed by atoms with Crippen molar-refractivity contribution in [2.45, 2.75) is 83.6 Å². The first-order chi connectivity index (χ1) is 13.7. The van der Waals surface area contributed by atoms with E-state index in [9.17, 15) is 0 Å². The minimum atomic E-state index is -0.135. The molecule has 0 N–H and O–H groups in total. The monoisotopic (exact) mass is 399 g/mol. The Morgan fingerprint density at radius 3 is 1.93 bits per heavy atom. The van der Waals surface area contributed by atoms with E-state index in [1.54, 1.807) is 7.11 Å². The third-order valence-corrected chi connectivity index (χ3v) is 5.25. The Balaban J connectivity index is 2.98. The number of methoxy groups -OCH3 is 1. The average molecular weight is 399 g/mol. The van der Waals surface area contributed by atoms with E-state index in [2.05, 4.69) is 25.7 Å². The minimum absolute atomic E-state index is 0.0228. The maximum atomic E-state index is 6.36. The predicted octanol–water partition coefficient (Wildman–Crippen LogP) is 2.97. The average Bonchev–Trinajstić information content (AvgIpc) is 2.70. The second-order valence-electron chi connectivity index (χ2n) is 7.53. The third kappa shape index (κ3) is 9.10. The molecular weight excluding hydrogens is 357 g/mol. The highest BCUT2D eigenvalue weighted by atomic mass is 16.6. The van der Waals surface area contributed by atoms with Gasteiger partial charge in [-0.2, -0.15) is 0 Å². The highest BCUT2D eigenvalue weighted by Gasteiger charge is 2.45. The Morgan fingerprint density at radius 1 is 0.821 bits per heavy atom. The van der Waals surface area contributed by atoms with Crippen LogP contribution in [0.3, 0.4) is 0 Å². The van der Waals surface area contributed by atoms with Gasteiger partial charge in [0.15, 0.2) is 0 Å². The molecule has 164 valence electrons. The summed E-state index contributed by atoms with van der Waals surface area (Å²) in [7, 11) is 7.20. The zero-order valence-corrected chi connectivity index (χ0v) is 18.6. The van der Waals surface area contributed by atoms with E-state index in [1.165, 1.54) is 0 Å². The van der Waals surface area contributed by atoms with Crippen LogP contribution in [0.2, 0.25) is 0 Å². The minimum Gasteiger partial charge on any atom is -0.446 e. The van der Waals surface area contributed by atoms with Crippen LogP contribution in [0.4, 0.5) is 0 Å². The molecule has 6 nitrogen and oxygen atoms in total. The molecule has 0 aliphatic carbocycles. The Hall–Kier alpha value is -0.175. The molecular formula is C21H42BNO5. The summed E-state index contributed by atoms with van der Waals surface area (Å²) in [5.74, 6) is 0. The first-order valence-corrected chi connectivity index (χ1v) is 11.1. The normalized spacial score (nSPS) is 26.0. The van der Waals surface area contributed by atoms with Gasteiger partial charge in [-0.3, -0.25) is 4.90 Å². The molecule has 1 heterocycles. The summed E-state index contributed by atoms with van der Waals surface area (Å²) in [5, 5.41) is 0. The van der Waals surface area contributed by atoms with Crippen LogP contribution in [0.1, 0.15) is 59.3 Å². The van der Waals surface area contributed by atoms with Crippen molar-refractivity contribution in [1.82, 2.24) is 4.90 Å². The first kappa shape index (κ1) is 25.9. The summed E-state index contributed by atoms with van der Waals surface area (Å²) in [4.78, 5) is 2.32. The Morgan fingerprint density at radius 2 is 1.39 bits per heavy atom. The smallest absolute Gasteiger partial charge is 0.282 e. The molecule has 1 aliphatic heterocycles. The molecule has 7 heteroatoms. The van der Waals surface area contributed by atoms with Gasteiger partial charge in [0.1, 0.15) is 12.2 Å². The lowest BCUT2D eigenvalue weighted by atomic mass is 9.93. The third-order valence-electron chi connectivity index (χ3n) is 5.25. The van der Waals surface area contributed by atoms with Crippen LogP contribution in [-0.2, 0) is 23.6 Å². The summed E-state index contributed by atoms with van der Waals surface area (Å²) < 4.78 is 29.4. The van der Waals surface area contributed by atoms with Crippen molar-refractivity contribution in [3.05, 3.63) is 0 Å². The number of rotatable bonds is 17. The lowest BCUT2D eigenvalue weighted by Gasteiger charge is -2.48. The van der Waals surface area contributed by atoms with Gasteiger partial charge in [-0.1, -0.05) is 40.0 Å². The topological polar surface area (TPSA) is 49.4 Å². The first-order valence-electron chi connectivity index (χ1n) is 11.1. The number of nitrogens with zero attached hydrogens (tertiary/aromatic N) is 1. The lowest BCUT2D eigenvalue weighted by Crippen LogP contribution is -2.65. The molecule has 0 aromatic carbocycles. The molecule has 1 saturated heterocycles. The molecule has 0 amide bonds. The number of unbranched alkanes of at least 4 members (excludes halogenated alkanes) is 3. The SMILES string of the molecule is [B]OC[C@@H]1[C@@H](OCCCC)[C@H](OCCCC)[C@@H](OCCCC)CN1CCOC. The lowest BCUT2D eigenvalue weighted by molar-refractivity contribution is -0.199. The van der Waals surface area contributed by atoms with Crippen LogP contribution < -0.4 is 0 Å². The molecule has 1 aliphatic rings. The van der Waals surface area contributed by atoms with E-state index < -0.39 is 0 Å². The second-order valence-corrected chi connectivity index (χ2v) is 7.53. The Labute approximate surface area is 174 Å². The van der Waals surface area contributed by atoms with Gasteiger partial charge >= 0.3 is 0 Å². The van der Waals surface area contributed by atoms with E-state index in [0.717, 1.165) is 64.8 Å². The van der Waals surface area contributed by atoms with Gasteiger partial charge in [-0.15, -0.1) is 0 Å². The summed E-state index contributed by atoms with van der Waals surface area (Å²) in [6.07, 6.45) is 6.14. The molecule has 4 atom stereocenters. The van der Waals surface area contributed by atoms with Crippen LogP contribution in [-0.4, -0.2) is 90.5 Å². The van der Waals surface area contributed by atoms with Gasteiger partial charge in [0.2, 0.25) is 0 Å². The fourth-order valence-electron chi connectivity index (χ4n) is 3.54. The van der Waals surface area contributed by atoms with E-state index in [0.29, 0.717) is 19.8 Å². The van der Waals surface area contributed by atoms with Crippen molar-refractivity contribution in [3.63, 3.8) is 0 Å². The molecule has 2 radical (unpaired) electrons. The zero-order chi connectivity index (χ0) is 20.6. The maximum Gasteiger partial charge on any atom is 0.282 e.